The Hall–Kier alpha value is -3.24. The van der Waals surface area contributed by atoms with E-state index < -0.39 is 40.9 Å². The van der Waals surface area contributed by atoms with Gasteiger partial charge < -0.3 is 20.4 Å². The Labute approximate surface area is 156 Å². The van der Waals surface area contributed by atoms with E-state index in [-0.39, 0.29) is 5.69 Å². The van der Waals surface area contributed by atoms with E-state index >= 15 is 0 Å². The first-order valence-electron chi connectivity index (χ1n) is 7.85. The topological polar surface area (TPSA) is 157 Å². The third kappa shape index (κ3) is 6.53. The Bertz CT molecular complexity index is 736. The van der Waals surface area contributed by atoms with Gasteiger partial charge in [-0.3, -0.25) is 0 Å². The van der Waals surface area contributed by atoms with Crippen LogP contribution in [0.3, 0.4) is 0 Å². The summed E-state index contributed by atoms with van der Waals surface area (Å²) in [6.45, 7) is 9.52. The van der Waals surface area contributed by atoms with Crippen molar-refractivity contribution in [3.8, 4) is 0 Å². The minimum absolute atomic E-state index is 0.0203. The summed E-state index contributed by atoms with van der Waals surface area (Å²) in [5, 5.41) is 12.7. The van der Waals surface area contributed by atoms with Crippen LogP contribution in [-0.2, 0) is 9.47 Å². The molecule has 0 aliphatic carbocycles. The number of carboxylic acid groups (broad SMARTS) is 1. The van der Waals surface area contributed by atoms with E-state index in [1.807, 2.05) is 0 Å². The van der Waals surface area contributed by atoms with Gasteiger partial charge in [0.2, 0.25) is 0 Å². The average Bonchev–Trinajstić information content (AvgIpc) is 2.45. The first kappa shape index (κ1) is 21.8. The van der Waals surface area contributed by atoms with Crippen LogP contribution in [0, 0.1) is 0 Å². The van der Waals surface area contributed by atoms with Gasteiger partial charge in [0.25, 0.3) is 0 Å². The smallest absolute Gasteiger partial charge is 0.425 e. The van der Waals surface area contributed by atoms with Gasteiger partial charge in [-0.2, -0.15) is 10.0 Å². The summed E-state index contributed by atoms with van der Waals surface area (Å²) in [4.78, 5) is 44.8. The summed E-state index contributed by atoms with van der Waals surface area (Å²) in [7, 11) is 0. The predicted octanol–water partition coefficient (Wildman–Crippen LogP) is 2.14. The molecule has 11 nitrogen and oxygen atoms in total. The van der Waals surface area contributed by atoms with Gasteiger partial charge in [0.1, 0.15) is 16.9 Å². The molecule has 3 N–H and O–H groups in total. The number of nitrogens with two attached hydrogens (primary N) is 1. The molecule has 0 fully saturated rings. The monoisotopic (exact) mass is 381 g/mol. The van der Waals surface area contributed by atoms with Crippen LogP contribution in [0.4, 0.5) is 15.4 Å². The second-order valence-corrected chi connectivity index (χ2v) is 7.35. The molecular formula is C16H23N5O6. The van der Waals surface area contributed by atoms with Crippen molar-refractivity contribution < 1.29 is 29.0 Å². The number of hydrogen-bond donors (Lipinski definition) is 2. The number of anilines is 1. The van der Waals surface area contributed by atoms with Crippen LogP contribution in [0.25, 0.3) is 0 Å². The summed E-state index contributed by atoms with van der Waals surface area (Å²) in [5.41, 5.74) is -2.57. The molecule has 0 bridgehead atoms. The molecular weight excluding hydrogens is 358 g/mol. The Morgan fingerprint density at radius 3 is 1.96 bits per heavy atom. The minimum Gasteiger partial charge on any atom is -0.476 e. The first-order valence-corrected chi connectivity index (χ1v) is 7.85. The number of hydrazone groups is 1. The van der Waals surface area contributed by atoms with Gasteiger partial charge in [-0.25, -0.2) is 24.4 Å². The lowest BCUT2D eigenvalue weighted by Gasteiger charge is -2.28. The fourth-order valence-electron chi connectivity index (χ4n) is 1.70. The molecule has 0 aliphatic rings. The zero-order valence-corrected chi connectivity index (χ0v) is 16.0. The van der Waals surface area contributed by atoms with Gasteiger partial charge in [-0.05, 0) is 41.5 Å². The Kier molecular flexibility index (Phi) is 6.44. The number of carboxylic acids is 1. The molecule has 1 heterocycles. The van der Waals surface area contributed by atoms with Gasteiger partial charge in [-0.1, -0.05) is 0 Å². The second kappa shape index (κ2) is 7.98. The molecule has 0 radical (unpaired) electrons. The van der Waals surface area contributed by atoms with Crippen LogP contribution in [0.5, 0.6) is 0 Å². The fraction of sp³-hybridized carbons (Fsp3) is 0.500. The van der Waals surface area contributed by atoms with Crippen molar-refractivity contribution in [1.29, 1.82) is 0 Å². The van der Waals surface area contributed by atoms with Crippen molar-refractivity contribution in [3.63, 3.8) is 0 Å². The fourth-order valence-corrected chi connectivity index (χ4v) is 1.70. The highest BCUT2D eigenvalue weighted by molar-refractivity contribution is 6.11. The highest BCUT2D eigenvalue weighted by Crippen LogP contribution is 2.22. The standard InChI is InChI=1S/C16H23N5O6/c1-15(2,3)26-13(24)21(14(25)27-16(4,5)6)11-10(12(22)23)20-9(7-18-11)8-19-17/h7-8H,17H2,1-6H3,(H,22,23). The third-order valence-corrected chi connectivity index (χ3v) is 2.55. The van der Waals surface area contributed by atoms with Crippen molar-refractivity contribution in [2.24, 2.45) is 10.9 Å². The number of aromatic nitrogens is 2. The van der Waals surface area contributed by atoms with Crippen LogP contribution >= 0.6 is 0 Å². The van der Waals surface area contributed by atoms with E-state index in [0.29, 0.717) is 4.90 Å². The molecule has 0 saturated carbocycles. The predicted molar refractivity (Wildman–Crippen MR) is 95.7 cm³/mol. The second-order valence-electron chi connectivity index (χ2n) is 7.35. The Morgan fingerprint density at radius 2 is 1.59 bits per heavy atom. The van der Waals surface area contributed by atoms with Crippen molar-refractivity contribution >= 4 is 30.2 Å². The minimum atomic E-state index is -1.53. The van der Waals surface area contributed by atoms with Crippen molar-refractivity contribution in [2.45, 2.75) is 52.7 Å². The van der Waals surface area contributed by atoms with Crippen molar-refractivity contribution in [1.82, 2.24) is 9.97 Å². The normalized spacial score (nSPS) is 11.9. The molecule has 1 aromatic heterocycles. The number of hydrogen-bond acceptors (Lipinski definition) is 9. The molecule has 1 rings (SSSR count). The molecule has 11 heteroatoms. The summed E-state index contributed by atoms with van der Waals surface area (Å²) in [5.74, 6) is 2.93. The molecule has 0 saturated heterocycles. The molecule has 27 heavy (non-hydrogen) atoms. The maximum atomic E-state index is 12.6. The average molecular weight is 381 g/mol. The molecule has 0 atom stereocenters. The maximum absolute atomic E-state index is 12.6. The molecule has 1 aromatic rings. The van der Waals surface area contributed by atoms with E-state index in [4.69, 9.17) is 15.3 Å². The highest BCUT2D eigenvalue weighted by atomic mass is 16.6. The molecule has 2 amide bonds. The zero-order valence-electron chi connectivity index (χ0n) is 16.0. The molecule has 148 valence electrons. The van der Waals surface area contributed by atoms with Crippen LogP contribution in [0.1, 0.15) is 57.7 Å². The van der Waals surface area contributed by atoms with Gasteiger partial charge in [0.15, 0.2) is 11.5 Å². The summed E-state index contributed by atoms with van der Waals surface area (Å²) in [6.07, 6.45) is -0.156. The Morgan fingerprint density at radius 1 is 1.11 bits per heavy atom. The van der Waals surface area contributed by atoms with Crippen molar-refractivity contribution in [3.05, 3.63) is 17.6 Å². The van der Waals surface area contributed by atoms with E-state index in [1.54, 1.807) is 41.5 Å². The molecule has 0 aliphatic heterocycles. The SMILES string of the molecule is CC(C)(C)OC(=O)N(C(=O)OC(C)(C)C)c1ncc(C=NN)nc1C(=O)O. The number of carbonyl (C=O) groups is 3. The lowest BCUT2D eigenvalue weighted by molar-refractivity contribution is 0.0428. The first-order chi connectivity index (χ1) is 12.2. The lowest BCUT2D eigenvalue weighted by Crippen LogP contribution is -2.45. The van der Waals surface area contributed by atoms with Gasteiger partial charge in [0.05, 0.1) is 12.4 Å². The Balaban J connectivity index is 3.52. The van der Waals surface area contributed by atoms with E-state index in [1.165, 1.54) is 0 Å². The molecule has 0 aromatic carbocycles. The number of amides is 2. The number of rotatable bonds is 3. The number of ether oxygens (including phenoxy) is 2. The highest BCUT2D eigenvalue weighted by Gasteiger charge is 2.36. The number of aromatic carboxylic acids is 1. The van der Waals surface area contributed by atoms with Gasteiger partial charge in [-0.15, -0.1) is 0 Å². The number of imide groups is 1. The van der Waals surface area contributed by atoms with Gasteiger partial charge in [0, 0.05) is 0 Å². The summed E-state index contributed by atoms with van der Waals surface area (Å²) in [6, 6.07) is 0. The quantitative estimate of drug-likeness (QED) is 0.454. The third-order valence-electron chi connectivity index (χ3n) is 2.55. The van der Waals surface area contributed by atoms with E-state index in [2.05, 4.69) is 15.1 Å². The number of carbonyl (C=O) groups excluding carboxylic acids is 2. The van der Waals surface area contributed by atoms with Crippen LogP contribution < -0.4 is 10.7 Å². The largest absolute Gasteiger partial charge is 0.476 e. The van der Waals surface area contributed by atoms with Crippen LogP contribution in [-0.4, -0.2) is 50.6 Å². The van der Waals surface area contributed by atoms with Crippen LogP contribution in [0.2, 0.25) is 0 Å². The lowest BCUT2D eigenvalue weighted by atomic mass is 10.2. The number of nitrogens with zero attached hydrogens (tertiary/aromatic N) is 4. The van der Waals surface area contributed by atoms with E-state index in [0.717, 1.165) is 12.4 Å². The molecule has 0 spiro atoms. The van der Waals surface area contributed by atoms with Gasteiger partial charge >= 0.3 is 18.2 Å². The van der Waals surface area contributed by atoms with Crippen molar-refractivity contribution in [2.75, 3.05) is 4.90 Å². The molecule has 0 unspecified atom stereocenters. The summed E-state index contributed by atoms with van der Waals surface area (Å²) >= 11 is 0. The summed E-state index contributed by atoms with van der Waals surface area (Å²) < 4.78 is 10.4. The van der Waals surface area contributed by atoms with Crippen LogP contribution in [0.15, 0.2) is 11.3 Å². The van der Waals surface area contributed by atoms with E-state index in [9.17, 15) is 19.5 Å². The zero-order chi connectivity index (χ0) is 21.0. The maximum Gasteiger partial charge on any atom is 0.425 e.